The molecule has 46 heavy (non-hydrogen) atoms. The second kappa shape index (κ2) is 10.8. The highest BCUT2D eigenvalue weighted by Crippen LogP contribution is 2.45. The van der Waals surface area contributed by atoms with Gasteiger partial charge < -0.3 is 9.32 Å². The van der Waals surface area contributed by atoms with E-state index in [4.69, 9.17) is 4.42 Å². The van der Waals surface area contributed by atoms with E-state index in [2.05, 4.69) is 162 Å². The van der Waals surface area contributed by atoms with Gasteiger partial charge in [-0.3, -0.25) is 4.98 Å². The van der Waals surface area contributed by atoms with Crippen molar-refractivity contribution in [1.29, 1.82) is 0 Å². The van der Waals surface area contributed by atoms with Gasteiger partial charge in [0, 0.05) is 28.2 Å². The van der Waals surface area contributed by atoms with Crippen LogP contribution in [0.1, 0.15) is 0 Å². The number of aromatic nitrogens is 1. The SMILES string of the molecule is c1ccc(-c2ccccc2N(c2ccc(-c3cccc4ccccc34)cc2)c2cccc3cc4c(cc23)oc2cccnc24)cc1. The first-order valence-corrected chi connectivity index (χ1v) is 15.5. The average molecular weight is 589 g/mol. The summed E-state index contributed by atoms with van der Waals surface area (Å²) in [6.07, 6.45) is 1.82. The van der Waals surface area contributed by atoms with Crippen LogP contribution in [-0.4, -0.2) is 4.98 Å². The first kappa shape index (κ1) is 26.2. The van der Waals surface area contributed by atoms with Gasteiger partial charge in [-0.15, -0.1) is 0 Å². The highest BCUT2D eigenvalue weighted by atomic mass is 16.3. The maximum absolute atomic E-state index is 6.32. The molecule has 0 aliphatic carbocycles. The van der Waals surface area contributed by atoms with Crippen molar-refractivity contribution in [1.82, 2.24) is 4.98 Å². The van der Waals surface area contributed by atoms with Gasteiger partial charge in [-0.1, -0.05) is 115 Å². The molecule has 0 amide bonds. The molecular formula is C43H28N2O. The Kier molecular flexibility index (Phi) is 6.14. The van der Waals surface area contributed by atoms with Crippen LogP contribution in [0.25, 0.3) is 65.9 Å². The molecule has 0 radical (unpaired) electrons. The third-order valence-electron chi connectivity index (χ3n) is 8.90. The summed E-state index contributed by atoms with van der Waals surface area (Å²) in [5.41, 5.74) is 10.5. The zero-order chi connectivity index (χ0) is 30.5. The smallest absolute Gasteiger partial charge is 0.153 e. The van der Waals surface area contributed by atoms with Crippen molar-refractivity contribution in [2.45, 2.75) is 0 Å². The van der Waals surface area contributed by atoms with Crippen LogP contribution in [0.15, 0.2) is 174 Å². The Morgan fingerprint density at radius 2 is 1.13 bits per heavy atom. The molecule has 0 fully saturated rings. The maximum atomic E-state index is 6.32. The van der Waals surface area contributed by atoms with Crippen molar-refractivity contribution < 1.29 is 4.42 Å². The normalized spacial score (nSPS) is 11.5. The minimum absolute atomic E-state index is 0.796. The van der Waals surface area contributed by atoms with Crippen molar-refractivity contribution >= 4 is 60.7 Å². The quantitative estimate of drug-likeness (QED) is 0.200. The molecule has 2 heterocycles. The molecule has 3 nitrogen and oxygen atoms in total. The Morgan fingerprint density at radius 3 is 2.04 bits per heavy atom. The first-order valence-electron chi connectivity index (χ1n) is 15.5. The van der Waals surface area contributed by atoms with E-state index in [-0.39, 0.29) is 0 Å². The van der Waals surface area contributed by atoms with Crippen LogP contribution in [0.3, 0.4) is 0 Å². The largest absolute Gasteiger partial charge is 0.454 e. The molecule has 0 bridgehead atoms. The third-order valence-corrected chi connectivity index (χ3v) is 8.90. The molecule has 7 aromatic carbocycles. The molecule has 3 heteroatoms. The number of hydrogen-bond acceptors (Lipinski definition) is 3. The second-order valence-electron chi connectivity index (χ2n) is 11.6. The van der Waals surface area contributed by atoms with Gasteiger partial charge in [-0.05, 0) is 81.4 Å². The van der Waals surface area contributed by atoms with Crippen LogP contribution >= 0.6 is 0 Å². The number of para-hydroxylation sites is 1. The van der Waals surface area contributed by atoms with Gasteiger partial charge in [0.05, 0.1) is 11.4 Å². The summed E-state index contributed by atoms with van der Waals surface area (Å²) in [7, 11) is 0. The fourth-order valence-electron chi connectivity index (χ4n) is 6.75. The maximum Gasteiger partial charge on any atom is 0.153 e. The molecule has 9 rings (SSSR count). The predicted molar refractivity (Wildman–Crippen MR) is 192 cm³/mol. The first-order chi connectivity index (χ1) is 22.8. The average Bonchev–Trinajstić information content (AvgIpc) is 3.49. The van der Waals surface area contributed by atoms with Crippen molar-refractivity contribution in [2.24, 2.45) is 0 Å². The lowest BCUT2D eigenvalue weighted by atomic mass is 9.97. The highest BCUT2D eigenvalue weighted by Gasteiger charge is 2.20. The minimum Gasteiger partial charge on any atom is -0.454 e. The molecule has 0 aliphatic heterocycles. The Labute approximate surface area is 266 Å². The summed E-state index contributed by atoms with van der Waals surface area (Å²) in [5.74, 6) is 0. The van der Waals surface area contributed by atoms with Crippen LogP contribution in [0.5, 0.6) is 0 Å². The Balaban J connectivity index is 1.27. The fraction of sp³-hybridized carbons (Fsp3) is 0. The van der Waals surface area contributed by atoms with Crippen LogP contribution in [-0.2, 0) is 0 Å². The second-order valence-corrected chi connectivity index (χ2v) is 11.6. The van der Waals surface area contributed by atoms with Gasteiger partial charge in [-0.2, -0.15) is 0 Å². The molecule has 0 atom stereocenters. The lowest BCUT2D eigenvalue weighted by Gasteiger charge is -2.29. The van der Waals surface area contributed by atoms with E-state index >= 15 is 0 Å². The molecular weight excluding hydrogens is 560 g/mol. The van der Waals surface area contributed by atoms with Crippen molar-refractivity contribution in [2.75, 3.05) is 4.90 Å². The van der Waals surface area contributed by atoms with Crippen LogP contribution in [0.4, 0.5) is 17.1 Å². The molecule has 0 spiro atoms. The van der Waals surface area contributed by atoms with E-state index in [1.165, 1.54) is 27.5 Å². The molecule has 0 unspecified atom stereocenters. The molecule has 0 aliphatic rings. The monoisotopic (exact) mass is 588 g/mol. The van der Waals surface area contributed by atoms with E-state index in [0.717, 1.165) is 55.5 Å². The number of furan rings is 1. The van der Waals surface area contributed by atoms with Gasteiger partial charge in [0.25, 0.3) is 0 Å². The van der Waals surface area contributed by atoms with Gasteiger partial charge in [0.1, 0.15) is 11.1 Å². The number of hydrogen-bond donors (Lipinski definition) is 0. The summed E-state index contributed by atoms with van der Waals surface area (Å²) in [6, 6.07) is 58.1. The number of pyridine rings is 1. The van der Waals surface area contributed by atoms with Crippen LogP contribution < -0.4 is 4.90 Å². The van der Waals surface area contributed by atoms with Crippen molar-refractivity contribution in [3.8, 4) is 22.3 Å². The number of anilines is 3. The molecule has 0 N–H and O–H groups in total. The van der Waals surface area contributed by atoms with Gasteiger partial charge >= 0.3 is 0 Å². The lowest BCUT2D eigenvalue weighted by molar-refractivity contribution is 0.668. The van der Waals surface area contributed by atoms with E-state index in [1.54, 1.807) is 0 Å². The number of rotatable bonds is 5. The van der Waals surface area contributed by atoms with Gasteiger partial charge in [0.2, 0.25) is 0 Å². The number of nitrogens with zero attached hydrogens (tertiary/aromatic N) is 2. The molecule has 9 aromatic rings. The minimum atomic E-state index is 0.796. The van der Waals surface area contributed by atoms with Crippen LogP contribution in [0, 0.1) is 0 Å². The third kappa shape index (κ3) is 4.33. The Hall–Kier alpha value is -6.19. The van der Waals surface area contributed by atoms with Gasteiger partial charge in [-0.25, -0.2) is 0 Å². The summed E-state index contributed by atoms with van der Waals surface area (Å²) >= 11 is 0. The standard InChI is InChI=1S/C43H28N2O/c1-2-11-30(12-3-1)36-17-6-7-19-39(36)45(33-24-22-31(23-25-33)35-18-8-14-29-13-4-5-16-34(29)35)40-20-9-15-32-27-38-42(28-37(32)40)46-41-21-10-26-44-43(38)41/h1-28H. The summed E-state index contributed by atoms with van der Waals surface area (Å²) in [6.45, 7) is 0. The topological polar surface area (TPSA) is 29.3 Å². The predicted octanol–water partition coefficient (Wildman–Crippen LogP) is 12.1. The van der Waals surface area contributed by atoms with Crippen molar-refractivity contribution in [3.63, 3.8) is 0 Å². The van der Waals surface area contributed by atoms with E-state index < -0.39 is 0 Å². The molecule has 0 saturated heterocycles. The molecule has 2 aromatic heterocycles. The number of fused-ring (bicyclic) bond motifs is 5. The van der Waals surface area contributed by atoms with E-state index in [9.17, 15) is 0 Å². The zero-order valence-electron chi connectivity index (χ0n) is 25.0. The number of benzene rings is 7. The van der Waals surface area contributed by atoms with E-state index in [1.807, 2.05) is 18.3 Å². The molecule has 216 valence electrons. The van der Waals surface area contributed by atoms with E-state index in [0.29, 0.717) is 0 Å². The molecule has 0 saturated carbocycles. The van der Waals surface area contributed by atoms with Gasteiger partial charge in [0.15, 0.2) is 5.58 Å². The summed E-state index contributed by atoms with van der Waals surface area (Å²) in [5, 5.41) is 5.76. The Morgan fingerprint density at radius 1 is 0.435 bits per heavy atom. The summed E-state index contributed by atoms with van der Waals surface area (Å²) < 4.78 is 6.32. The summed E-state index contributed by atoms with van der Waals surface area (Å²) in [4.78, 5) is 7.00. The fourth-order valence-corrected chi connectivity index (χ4v) is 6.75. The van der Waals surface area contributed by atoms with Crippen molar-refractivity contribution in [3.05, 3.63) is 170 Å². The Bertz CT molecular complexity index is 2530. The zero-order valence-corrected chi connectivity index (χ0v) is 25.0. The highest BCUT2D eigenvalue weighted by molar-refractivity contribution is 6.12. The lowest BCUT2D eigenvalue weighted by Crippen LogP contribution is -2.11. The van der Waals surface area contributed by atoms with Crippen LogP contribution in [0.2, 0.25) is 0 Å².